The van der Waals surface area contributed by atoms with E-state index < -0.39 is 0 Å². The third-order valence-corrected chi connectivity index (χ3v) is 7.75. The second-order valence-electron chi connectivity index (χ2n) is 10.8. The zero-order valence-electron chi connectivity index (χ0n) is 25.8. The minimum atomic E-state index is -0.0340. The minimum absolute atomic E-state index is 0.0261. The number of rotatable bonds is 15. The normalized spacial score (nSPS) is 13.1. The molecule has 2 aromatic carbocycles. The van der Waals surface area contributed by atoms with Crippen LogP contribution in [0.5, 0.6) is 0 Å². The number of benzene rings is 2. The smallest absolute Gasteiger partial charge is 0.292 e. The molecule has 5 aromatic rings. The van der Waals surface area contributed by atoms with E-state index in [2.05, 4.69) is 33.2 Å². The lowest BCUT2D eigenvalue weighted by atomic mass is 9.97. The third-order valence-electron chi connectivity index (χ3n) is 7.75. The molecule has 14 nitrogen and oxygen atoms in total. The van der Waals surface area contributed by atoms with Crippen molar-refractivity contribution in [3.05, 3.63) is 59.4 Å². The number of anilines is 2. The Hall–Kier alpha value is -4.63. The second-order valence-corrected chi connectivity index (χ2v) is 10.8. The van der Waals surface area contributed by atoms with E-state index in [4.69, 9.17) is 39.9 Å². The molecule has 3 aromatic heterocycles. The third kappa shape index (κ3) is 7.26. The van der Waals surface area contributed by atoms with Crippen LogP contribution in [0.3, 0.4) is 0 Å². The molecule has 0 atom stereocenters. The molecule has 0 fully saturated rings. The van der Waals surface area contributed by atoms with Crippen molar-refractivity contribution in [3.63, 3.8) is 0 Å². The summed E-state index contributed by atoms with van der Waals surface area (Å²) >= 11 is 0. The van der Waals surface area contributed by atoms with Crippen molar-refractivity contribution < 1.29 is 28.2 Å². The molecule has 6 rings (SSSR count). The highest BCUT2D eigenvalue weighted by Crippen LogP contribution is 2.33. The van der Waals surface area contributed by atoms with E-state index in [1.54, 1.807) is 0 Å². The molecule has 4 heterocycles. The molecule has 1 aliphatic rings. The van der Waals surface area contributed by atoms with Crippen molar-refractivity contribution in [2.24, 2.45) is 0 Å². The van der Waals surface area contributed by atoms with E-state index in [0.29, 0.717) is 99.5 Å². The highest BCUT2D eigenvalue weighted by Gasteiger charge is 2.22. The van der Waals surface area contributed by atoms with Crippen LogP contribution in [-0.4, -0.2) is 94.9 Å². The first-order valence-electron chi connectivity index (χ1n) is 15.3. The monoisotopic (exact) mass is 630 g/mol. The van der Waals surface area contributed by atoms with Gasteiger partial charge in [0.2, 0.25) is 5.91 Å². The van der Waals surface area contributed by atoms with Gasteiger partial charge in [-0.25, -0.2) is 14.6 Å². The van der Waals surface area contributed by atoms with Crippen LogP contribution in [0.15, 0.2) is 47.1 Å². The number of carbonyl (C=O) groups is 1. The number of ether oxygens (including phenoxy) is 4. The van der Waals surface area contributed by atoms with Gasteiger partial charge >= 0.3 is 0 Å². The lowest BCUT2D eigenvalue weighted by Crippen LogP contribution is -2.38. The van der Waals surface area contributed by atoms with E-state index in [1.165, 1.54) is 11.9 Å². The van der Waals surface area contributed by atoms with Gasteiger partial charge in [-0.1, -0.05) is 18.2 Å². The summed E-state index contributed by atoms with van der Waals surface area (Å²) in [4.78, 5) is 27.6. The highest BCUT2D eigenvalue weighted by atomic mass is 16.6. The summed E-state index contributed by atoms with van der Waals surface area (Å²) in [5.41, 5.74) is 18.7. The van der Waals surface area contributed by atoms with E-state index in [0.717, 1.165) is 23.1 Å². The fourth-order valence-electron chi connectivity index (χ4n) is 5.48. The summed E-state index contributed by atoms with van der Waals surface area (Å²) in [6, 6.07) is 12.0. The van der Waals surface area contributed by atoms with Crippen molar-refractivity contribution in [3.8, 4) is 11.3 Å². The zero-order chi connectivity index (χ0) is 31.9. The first-order valence-corrected chi connectivity index (χ1v) is 15.3. The molecule has 0 spiro atoms. The summed E-state index contributed by atoms with van der Waals surface area (Å²) in [6.45, 7) is 7.18. The Morgan fingerprint density at radius 2 is 1.72 bits per heavy atom. The Balaban J connectivity index is 1.04. The van der Waals surface area contributed by atoms with Gasteiger partial charge in [-0.3, -0.25) is 4.79 Å². The SMILES string of the molecule is CCOCCOCCOCCOCC(=O)N1CCc2cc(Cn3nc(-c4ccc5oc(N)nc5c4)c4c(N)ncnc43)ccc2C1. The van der Waals surface area contributed by atoms with Gasteiger partial charge in [0.1, 0.15) is 30.0 Å². The summed E-state index contributed by atoms with van der Waals surface area (Å²) in [5.74, 6) is 0.310. The molecular formula is C32H38N8O6. The maximum Gasteiger partial charge on any atom is 0.292 e. The lowest BCUT2D eigenvalue weighted by Gasteiger charge is -2.29. The van der Waals surface area contributed by atoms with Gasteiger partial charge in [0.15, 0.2) is 11.2 Å². The second kappa shape index (κ2) is 14.6. The summed E-state index contributed by atoms with van der Waals surface area (Å²) in [7, 11) is 0. The van der Waals surface area contributed by atoms with Crippen LogP contribution in [0, 0.1) is 0 Å². The van der Waals surface area contributed by atoms with E-state index in [-0.39, 0.29) is 18.5 Å². The summed E-state index contributed by atoms with van der Waals surface area (Å²) in [5, 5.41) is 5.57. The molecule has 0 bridgehead atoms. The molecule has 242 valence electrons. The van der Waals surface area contributed by atoms with Crippen LogP contribution in [0.25, 0.3) is 33.4 Å². The summed E-state index contributed by atoms with van der Waals surface area (Å²) in [6.07, 6.45) is 2.19. The van der Waals surface area contributed by atoms with E-state index in [1.807, 2.05) is 34.7 Å². The van der Waals surface area contributed by atoms with Crippen LogP contribution < -0.4 is 11.5 Å². The van der Waals surface area contributed by atoms with E-state index in [9.17, 15) is 4.79 Å². The van der Waals surface area contributed by atoms with Crippen LogP contribution in [0.1, 0.15) is 23.6 Å². The fourth-order valence-corrected chi connectivity index (χ4v) is 5.48. The van der Waals surface area contributed by atoms with Crippen LogP contribution in [0.4, 0.5) is 11.8 Å². The van der Waals surface area contributed by atoms with Crippen molar-refractivity contribution in [2.75, 3.05) is 70.9 Å². The Kier molecular flexibility index (Phi) is 9.98. The fraction of sp³-hybridized carbons (Fsp3) is 0.406. The molecule has 0 aliphatic carbocycles. The molecule has 4 N–H and O–H groups in total. The number of carbonyl (C=O) groups excluding carboxylic acids is 1. The average molecular weight is 631 g/mol. The van der Waals surface area contributed by atoms with Gasteiger partial charge in [0, 0.05) is 25.3 Å². The summed E-state index contributed by atoms with van der Waals surface area (Å²) < 4.78 is 28.9. The molecular weight excluding hydrogens is 592 g/mol. The van der Waals surface area contributed by atoms with Gasteiger partial charge in [-0.05, 0) is 48.2 Å². The van der Waals surface area contributed by atoms with Crippen molar-refractivity contribution in [2.45, 2.75) is 26.4 Å². The number of fused-ring (bicyclic) bond motifs is 3. The lowest BCUT2D eigenvalue weighted by molar-refractivity contribution is -0.137. The quantitative estimate of drug-likeness (QED) is 0.162. The Morgan fingerprint density at radius 1 is 0.935 bits per heavy atom. The molecule has 0 unspecified atom stereocenters. The maximum absolute atomic E-state index is 12.8. The molecule has 0 saturated carbocycles. The van der Waals surface area contributed by atoms with Gasteiger partial charge in [-0.15, -0.1) is 0 Å². The van der Waals surface area contributed by atoms with Crippen LogP contribution in [-0.2, 0) is 43.3 Å². The number of nitrogens with zero attached hydrogens (tertiary/aromatic N) is 6. The number of nitrogens with two attached hydrogens (primary N) is 2. The average Bonchev–Trinajstić information content (AvgIpc) is 3.63. The molecule has 46 heavy (non-hydrogen) atoms. The first kappa shape index (κ1) is 31.4. The largest absolute Gasteiger partial charge is 0.424 e. The molecule has 1 amide bonds. The van der Waals surface area contributed by atoms with Crippen molar-refractivity contribution in [1.82, 2.24) is 29.6 Å². The Labute approximate surface area is 265 Å². The number of oxazole rings is 1. The number of hydrogen-bond donors (Lipinski definition) is 2. The van der Waals surface area contributed by atoms with Crippen molar-refractivity contribution >= 4 is 39.9 Å². The topological polar surface area (TPSA) is 179 Å². The number of amides is 1. The van der Waals surface area contributed by atoms with Gasteiger partial charge in [0.25, 0.3) is 6.01 Å². The number of nitrogen functional groups attached to an aromatic ring is 2. The first-order chi connectivity index (χ1) is 22.5. The number of aromatic nitrogens is 5. The highest BCUT2D eigenvalue weighted by molar-refractivity contribution is 5.99. The van der Waals surface area contributed by atoms with Crippen LogP contribution >= 0.6 is 0 Å². The van der Waals surface area contributed by atoms with Crippen molar-refractivity contribution in [1.29, 1.82) is 0 Å². The predicted octanol–water partition coefficient (Wildman–Crippen LogP) is 2.82. The Bertz CT molecular complexity index is 1800. The van der Waals surface area contributed by atoms with E-state index >= 15 is 0 Å². The predicted molar refractivity (Wildman–Crippen MR) is 171 cm³/mol. The molecule has 0 radical (unpaired) electrons. The van der Waals surface area contributed by atoms with Gasteiger partial charge in [-0.2, -0.15) is 10.1 Å². The maximum atomic E-state index is 12.8. The standard InChI is InChI=1S/C32H38N8O6/c1-2-42-9-10-43-11-12-44-13-14-45-19-27(41)39-8-7-22-15-21(3-4-24(22)18-39)17-40-31-28(30(33)35-20-36-31)29(38-40)23-5-6-26-25(16-23)37-32(34)46-26/h3-6,15-16,20H,2,7-14,17-19H2,1H3,(H2,34,37)(H2,33,35,36). The van der Waals surface area contributed by atoms with Gasteiger partial charge in [0.05, 0.1) is 51.6 Å². The zero-order valence-corrected chi connectivity index (χ0v) is 25.8. The molecule has 14 heteroatoms. The van der Waals surface area contributed by atoms with Gasteiger partial charge < -0.3 is 39.7 Å². The number of hydrogen-bond acceptors (Lipinski definition) is 12. The molecule has 1 aliphatic heterocycles. The van der Waals surface area contributed by atoms with Crippen LogP contribution in [0.2, 0.25) is 0 Å². The Morgan fingerprint density at radius 3 is 2.52 bits per heavy atom. The minimum Gasteiger partial charge on any atom is -0.424 e. The molecule has 0 saturated heterocycles.